The van der Waals surface area contributed by atoms with E-state index in [0.29, 0.717) is 95.6 Å². The molecule has 19 rings (SSSR count). The van der Waals surface area contributed by atoms with Crippen molar-refractivity contribution >= 4 is 91.7 Å². The Labute approximate surface area is 799 Å². The molecule has 5 aliphatic carbocycles. The van der Waals surface area contributed by atoms with E-state index in [4.69, 9.17) is 74.2 Å². The number of nitrogens with one attached hydrogen (secondary N) is 4. The van der Waals surface area contributed by atoms with Gasteiger partial charge in [-0.15, -0.1) is 0 Å². The van der Waals surface area contributed by atoms with Crippen LogP contribution in [0.25, 0.3) is 0 Å². The van der Waals surface area contributed by atoms with Crippen LogP contribution in [-0.2, 0) is 82.6 Å². The predicted octanol–water partition coefficient (Wildman–Crippen LogP) is 21.1. The molecule has 9 aliphatic rings. The molecule has 36 heteroatoms. The molecule has 5 fully saturated rings. The van der Waals surface area contributed by atoms with Crippen LogP contribution in [0.5, 0.6) is 23.0 Å². The quantitative estimate of drug-likeness (QED) is 0.0362. The van der Waals surface area contributed by atoms with Crippen LogP contribution in [0, 0.1) is 82.0 Å². The van der Waals surface area contributed by atoms with Gasteiger partial charge in [-0.05, 0) is 285 Å². The molecule has 4 N–H and O–H groups in total. The number of aryl methyl sites for hydroxylation is 1. The highest BCUT2D eigenvalue weighted by molar-refractivity contribution is 7.93. The summed E-state index contributed by atoms with van der Waals surface area (Å²) in [4.78, 5) is 11.8. The lowest BCUT2D eigenvalue weighted by Crippen LogP contribution is -2.55. The van der Waals surface area contributed by atoms with Crippen molar-refractivity contribution in [3.8, 4) is 23.0 Å². The molecule has 2 aromatic heterocycles. The second-order valence-corrected chi connectivity index (χ2v) is 47.1. The molecule has 0 unspecified atom stereocenters. The van der Waals surface area contributed by atoms with Gasteiger partial charge in [0.25, 0.3) is 0 Å². The number of carbonyl (C=O) groups excluding carboxylic acids is 1. The molecule has 5 saturated carbocycles. The average Bonchev–Trinajstić information content (AvgIpc) is 0.753. The minimum absolute atomic E-state index is 0.0139. The number of furan rings is 2. The first-order valence-corrected chi connectivity index (χ1v) is 52.5. The minimum Gasteiger partial charge on any atom is -0.490 e. The van der Waals surface area contributed by atoms with Gasteiger partial charge in [-0.1, -0.05) is 73.6 Å². The molecule has 0 bridgehead atoms. The Bertz CT molecular complexity index is 6530. The van der Waals surface area contributed by atoms with Crippen molar-refractivity contribution in [2.45, 2.75) is 199 Å². The SMILES string of the molecule is CC(C)CN[C@@H]1CC[C@@]2(S(=O)(=O)c3ccc(Cl)cc3)c3c(F)ccc(F)c3OC[C@H]2C1.CCc1ccc(CN[C@@H]2CC[C@@]3(S(=O)(=O)c4ccc(Cl)cc4)c4c(F)ccc(F)c4OC[C@H]3C2)o1.COC(=O)c1ccc(CN[C@@H]2CC[C@@]3(S(=O)(=O)c4ccc(Cl)cc4)c4c(F)ccc(F)c4OC[C@H]3C2)o1.O=S(=O)(c1ccc(Cl)cc1)[C@@]12CC[C@@H](NCC3CCC3)C[C@@H]1COc1c(F)ccc(F)c12. The fraction of sp³-hybridized carbons (Fsp3) is 0.424. The normalized spacial score (nSPS) is 25.0. The Morgan fingerprint density at radius 3 is 0.941 bits per heavy atom. The third-order valence-electron chi connectivity index (χ3n) is 28.4. The van der Waals surface area contributed by atoms with Crippen LogP contribution in [-0.4, -0.2) is 110 Å². The second-order valence-electron chi connectivity index (χ2n) is 36.5. The lowest BCUT2D eigenvalue weighted by atomic mass is 9.71. The van der Waals surface area contributed by atoms with Crippen LogP contribution in [0.4, 0.5) is 35.1 Å². The third-order valence-corrected chi connectivity index (χ3v) is 39.8. The van der Waals surface area contributed by atoms with Crippen molar-refractivity contribution in [2.24, 2.45) is 35.5 Å². The summed E-state index contributed by atoms with van der Waals surface area (Å²) in [6, 6.07) is 38.1. The molecular weight excluding hydrogens is 1920 g/mol. The fourth-order valence-electron chi connectivity index (χ4n) is 21.4. The molecule has 10 aromatic rings. The lowest BCUT2D eigenvalue weighted by Gasteiger charge is -2.49. The zero-order chi connectivity index (χ0) is 96.1. The van der Waals surface area contributed by atoms with Gasteiger partial charge in [0.2, 0.25) is 5.76 Å². The van der Waals surface area contributed by atoms with E-state index in [2.05, 4.69) is 39.9 Å². The molecule has 0 radical (unpaired) electrons. The summed E-state index contributed by atoms with van der Waals surface area (Å²) in [6.07, 6.45) is 8.72. The lowest BCUT2D eigenvalue weighted by molar-refractivity contribution is 0.0562. The minimum atomic E-state index is -4.20. The first-order chi connectivity index (χ1) is 64.4. The van der Waals surface area contributed by atoms with Crippen molar-refractivity contribution < 1.29 is 106 Å². The molecule has 20 nitrogen and oxygen atoms in total. The number of halogens is 12. The summed E-state index contributed by atoms with van der Waals surface area (Å²) in [6.45, 7) is 8.63. The van der Waals surface area contributed by atoms with Gasteiger partial charge < -0.3 is 53.8 Å². The Morgan fingerprint density at radius 2 is 0.659 bits per heavy atom. The van der Waals surface area contributed by atoms with Crippen molar-refractivity contribution in [3.63, 3.8) is 0 Å². The van der Waals surface area contributed by atoms with Gasteiger partial charge in [-0.25, -0.2) is 73.6 Å². The van der Waals surface area contributed by atoms with E-state index >= 15 is 17.6 Å². The number of sulfone groups is 4. The number of methoxy groups -OCH3 is 1. The second kappa shape index (κ2) is 40.2. The van der Waals surface area contributed by atoms with Crippen molar-refractivity contribution in [1.82, 2.24) is 21.3 Å². The van der Waals surface area contributed by atoms with Gasteiger partial charge in [0.15, 0.2) is 85.6 Å². The number of esters is 1. The molecule has 12 atom stereocenters. The van der Waals surface area contributed by atoms with E-state index in [9.17, 15) is 56.0 Å². The summed E-state index contributed by atoms with van der Waals surface area (Å²) in [5.74, 6) is -6.86. The van der Waals surface area contributed by atoms with E-state index in [-0.39, 0.29) is 153 Å². The molecule has 722 valence electrons. The van der Waals surface area contributed by atoms with Gasteiger partial charge in [0.05, 0.1) is 88.5 Å². The van der Waals surface area contributed by atoms with E-state index in [1.54, 1.807) is 6.07 Å². The maximum Gasteiger partial charge on any atom is 0.373 e. The van der Waals surface area contributed by atoms with Crippen LogP contribution in [0.3, 0.4) is 0 Å². The Kier molecular flexibility index (Phi) is 29.6. The smallest absolute Gasteiger partial charge is 0.373 e. The summed E-state index contributed by atoms with van der Waals surface area (Å²) in [5, 5.41) is 15.4. The summed E-state index contributed by atoms with van der Waals surface area (Å²) >= 11 is 23.9. The summed E-state index contributed by atoms with van der Waals surface area (Å²) in [7, 11) is -15.2. The molecular formula is C99H102Cl4F8N4O16S4. The topological polar surface area (TPSA) is 274 Å². The highest BCUT2D eigenvalue weighted by Gasteiger charge is 2.65. The van der Waals surface area contributed by atoms with Crippen LogP contribution in [0.1, 0.15) is 167 Å². The number of fused-ring (bicyclic) bond motifs is 12. The first kappa shape index (κ1) is 99.2. The maximum absolute atomic E-state index is 15.3. The maximum atomic E-state index is 15.3. The average molecular weight is 2030 g/mol. The summed E-state index contributed by atoms with van der Waals surface area (Å²) in [5.41, 5.74) is -0.811. The Hall–Kier alpha value is -8.77. The van der Waals surface area contributed by atoms with Gasteiger partial charge in [0, 0.05) is 74.4 Å². The van der Waals surface area contributed by atoms with Gasteiger partial charge in [-0.2, -0.15) is 0 Å². The molecule has 0 spiro atoms. The number of carbonyl (C=O) groups is 1. The first-order valence-electron chi connectivity index (χ1n) is 45.1. The third kappa shape index (κ3) is 18.7. The Morgan fingerprint density at radius 1 is 0.378 bits per heavy atom. The number of hydrogen-bond acceptors (Lipinski definition) is 20. The Balaban J connectivity index is 0.000000131. The summed E-state index contributed by atoms with van der Waals surface area (Å²) < 4.78 is 265. The number of benzene rings is 8. The monoisotopic (exact) mass is 2020 g/mol. The predicted molar refractivity (Wildman–Crippen MR) is 493 cm³/mol. The molecule has 6 heterocycles. The van der Waals surface area contributed by atoms with Gasteiger partial charge >= 0.3 is 5.97 Å². The van der Waals surface area contributed by atoms with Gasteiger partial charge in [-0.3, -0.25) is 0 Å². The van der Waals surface area contributed by atoms with Crippen LogP contribution < -0.4 is 40.2 Å². The molecule has 135 heavy (non-hydrogen) atoms. The van der Waals surface area contributed by atoms with E-state index in [0.717, 1.165) is 79.6 Å². The van der Waals surface area contributed by atoms with Gasteiger partial charge in [0.1, 0.15) is 59.5 Å². The van der Waals surface area contributed by atoms with Crippen molar-refractivity contribution in [2.75, 3.05) is 46.6 Å². The van der Waals surface area contributed by atoms with Crippen LogP contribution in [0.15, 0.2) is 198 Å². The van der Waals surface area contributed by atoms with Crippen LogP contribution >= 0.6 is 46.4 Å². The molecule has 0 amide bonds. The van der Waals surface area contributed by atoms with Crippen LogP contribution in [0.2, 0.25) is 20.1 Å². The number of rotatable bonds is 22. The highest BCUT2D eigenvalue weighted by atomic mass is 35.5. The van der Waals surface area contributed by atoms with E-state index < -0.39 is 135 Å². The number of hydrogen-bond donors (Lipinski definition) is 4. The molecule has 0 saturated heterocycles. The molecule has 8 aromatic carbocycles. The fourth-order valence-corrected chi connectivity index (χ4v) is 31.4. The zero-order valence-corrected chi connectivity index (χ0v) is 80.4. The molecule has 4 aliphatic heterocycles. The van der Waals surface area contributed by atoms with E-state index in [1.165, 1.54) is 130 Å². The van der Waals surface area contributed by atoms with E-state index in [1.807, 2.05) is 19.1 Å². The number of ether oxygens (including phenoxy) is 5. The largest absolute Gasteiger partial charge is 0.490 e. The highest BCUT2D eigenvalue weighted by Crippen LogP contribution is 2.62. The van der Waals surface area contributed by atoms with Crippen molar-refractivity contribution in [1.29, 1.82) is 0 Å². The zero-order valence-electron chi connectivity index (χ0n) is 74.1. The standard InChI is InChI=1S/C26H24ClF2NO6S.C26H26ClF2NO4S.C24H26ClF2NO3S.C23H26ClF2NO3S/c1-34-25(31)22-9-4-18(36-22)13-30-17-10-11-26(37(32,33)19-5-2-16(27)3-6-19)15(12-17)14-35-24-21(29)8-7-20(28)23(24)26;1-2-19-5-6-20(34-19)14-30-18-11-12-26(35(31,32)21-7-3-17(27)4-8-21)16(13-18)15-33-25-23(29)10-9-22(28)24(25)26;25-17-4-6-19(7-5-17)32(29,30)24-11-10-18(28-13-15-2-1-3-15)12-16(24)14-31-23-21(27)9-8-20(26)22(23)24;1-14(2)12-27-17-9-10-23(31(28,29)18-5-3-16(24)4-6-18)15(11-17)13-30-22-20(26)8-7-19(25)21(22)23/h2-9,15,17,30H,10-14H2,1H3;3-10,16,18,30H,2,11-15H2,1H3;4-9,15-16,18,28H,1-3,10-14H2;3-8,14-15,17,27H,9-13H2,1-2H3/t15-,17-,26+;16-,18-,26+;16-,18-,24+;15-,17-,23+/m1111/s1. The van der Waals surface area contributed by atoms with Crippen molar-refractivity contribution in [3.05, 3.63) is 282 Å².